The highest BCUT2D eigenvalue weighted by Gasteiger charge is 2.04. The summed E-state index contributed by atoms with van der Waals surface area (Å²) in [6, 6.07) is 33.7. The predicted molar refractivity (Wildman–Crippen MR) is 141 cm³/mol. The fourth-order valence-corrected chi connectivity index (χ4v) is 3.25. The van der Waals surface area contributed by atoms with Crippen molar-refractivity contribution >= 4 is 23.8 Å². The highest BCUT2D eigenvalue weighted by atomic mass is 16.5. The van der Waals surface area contributed by atoms with Gasteiger partial charge in [0, 0.05) is 12.4 Å². The van der Waals surface area contributed by atoms with E-state index in [0.717, 1.165) is 11.1 Å². The molecule has 4 rings (SSSR count). The number of nitriles is 2. The van der Waals surface area contributed by atoms with Gasteiger partial charge in [0.05, 0.1) is 23.3 Å². The zero-order valence-corrected chi connectivity index (χ0v) is 19.4. The molecule has 4 aromatic carbocycles. The van der Waals surface area contributed by atoms with Crippen LogP contribution >= 0.6 is 0 Å². The van der Waals surface area contributed by atoms with Crippen LogP contribution in [-0.2, 0) is 0 Å². The SMILES string of the molecule is N#Cc1ccc(C=Nc2ccccc2OCCOc2ccccc2N=Cc2ccc(C#N)cc2)cc1. The van der Waals surface area contributed by atoms with E-state index in [2.05, 4.69) is 22.1 Å². The first-order chi connectivity index (χ1) is 17.7. The van der Waals surface area contributed by atoms with E-state index in [4.69, 9.17) is 20.0 Å². The molecule has 0 bridgehead atoms. The summed E-state index contributed by atoms with van der Waals surface area (Å²) >= 11 is 0. The molecular formula is C30H22N4O2. The van der Waals surface area contributed by atoms with Gasteiger partial charge in [-0.05, 0) is 59.7 Å². The second-order valence-corrected chi connectivity index (χ2v) is 7.62. The molecule has 0 saturated heterocycles. The molecule has 0 unspecified atom stereocenters. The lowest BCUT2D eigenvalue weighted by Crippen LogP contribution is -2.09. The Morgan fingerprint density at radius 1 is 0.556 bits per heavy atom. The number of ether oxygens (including phenoxy) is 2. The first kappa shape index (κ1) is 23.9. The van der Waals surface area contributed by atoms with E-state index in [9.17, 15) is 0 Å². The van der Waals surface area contributed by atoms with Gasteiger partial charge in [0.2, 0.25) is 0 Å². The molecule has 0 saturated carbocycles. The van der Waals surface area contributed by atoms with E-state index in [1.54, 1.807) is 36.7 Å². The molecule has 0 radical (unpaired) electrons. The maximum Gasteiger partial charge on any atom is 0.145 e. The number of para-hydroxylation sites is 4. The summed E-state index contributed by atoms with van der Waals surface area (Å²) in [7, 11) is 0. The van der Waals surface area contributed by atoms with Crippen molar-refractivity contribution in [3.63, 3.8) is 0 Å². The zero-order chi connectivity index (χ0) is 25.0. The van der Waals surface area contributed by atoms with Gasteiger partial charge < -0.3 is 9.47 Å². The normalized spacial score (nSPS) is 10.7. The van der Waals surface area contributed by atoms with Crippen molar-refractivity contribution in [2.24, 2.45) is 9.98 Å². The molecule has 36 heavy (non-hydrogen) atoms. The van der Waals surface area contributed by atoms with Crippen LogP contribution in [0.5, 0.6) is 11.5 Å². The average molecular weight is 471 g/mol. The van der Waals surface area contributed by atoms with Gasteiger partial charge in [0.15, 0.2) is 0 Å². The molecule has 6 heteroatoms. The lowest BCUT2D eigenvalue weighted by Gasteiger charge is -2.11. The quantitative estimate of drug-likeness (QED) is 0.209. The number of hydrogen-bond acceptors (Lipinski definition) is 6. The maximum absolute atomic E-state index is 8.93. The predicted octanol–water partition coefficient (Wildman–Crippen LogP) is 6.39. The fraction of sp³-hybridized carbons (Fsp3) is 0.0667. The molecule has 0 aromatic heterocycles. The first-order valence-electron chi connectivity index (χ1n) is 11.3. The van der Waals surface area contributed by atoms with Crippen LogP contribution < -0.4 is 9.47 Å². The average Bonchev–Trinajstić information content (AvgIpc) is 2.94. The lowest BCUT2D eigenvalue weighted by atomic mass is 10.2. The monoisotopic (exact) mass is 470 g/mol. The maximum atomic E-state index is 8.93. The Morgan fingerprint density at radius 2 is 0.944 bits per heavy atom. The third kappa shape index (κ3) is 6.66. The molecule has 0 amide bonds. The summed E-state index contributed by atoms with van der Waals surface area (Å²) in [4.78, 5) is 9.07. The fourth-order valence-electron chi connectivity index (χ4n) is 3.25. The van der Waals surface area contributed by atoms with Gasteiger partial charge >= 0.3 is 0 Å². The van der Waals surface area contributed by atoms with Crippen LogP contribution in [0.1, 0.15) is 22.3 Å². The minimum absolute atomic E-state index is 0.330. The van der Waals surface area contributed by atoms with Crippen molar-refractivity contribution in [2.75, 3.05) is 13.2 Å². The Labute approximate surface area is 210 Å². The van der Waals surface area contributed by atoms with Gasteiger partial charge in [0.25, 0.3) is 0 Å². The van der Waals surface area contributed by atoms with Gasteiger partial charge in [0.1, 0.15) is 36.1 Å². The van der Waals surface area contributed by atoms with E-state index < -0.39 is 0 Å². The van der Waals surface area contributed by atoms with Crippen molar-refractivity contribution in [3.8, 4) is 23.6 Å². The molecule has 0 heterocycles. The smallest absolute Gasteiger partial charge is 0.145 e. The van der Waals surface area contributed by atoms with Crippen LogP contribution in [0, 0.1) is 22.7 Å². The Bertz CT molecular complexity index is 1330. The van der Waals surface area contributed by atoms with Crippen LogP contribution in [0.25, 0.3) is 0 Å². The molecule has 0 aliphatic carbocycles. The molecular weight excluding hydrogens is 448 g/mol. The largest absolute Gasteiger partial charge is 0.488 e. The van der Waals surface area contributed by atoms with E-state index in [1.807, 2.05) is 72.8 Å². The Kier molecular flexibility index (Phi) is 8.19. The molecule has 0 atom stereocenters. The molecule has 6 nitrogen and oxygen atoms in total. The molecule has 0 aliphatic heterocycles. The number of rotatable bonds is 9. The third-order valence-corrected chi connectivity index (χ3v) is 5.11. The Hall–Kier alpha value is -5.20. The molecule has 0 fully saturated rings. The van der Waals surface area contributed by atoms with Crippen LogP contribution in [0.3, 0.4) is 0 Å². The van der Waals surface area contributed by atoms with Crippen molar-refractivity contribution in [3.05, 3.63) is 119 Å². The van der Waals surface area contributed by atoms with E-state index in [1.165, 1.54) is 0 Å². The van der Waals surface area contributed by atoms with Gasteiger partial charge in [-0.2, -0.15) is 10.5 Å². The Morgan fingerprint density at radius 3 is 1.33 bits per heavy atom. The molecule has 0 N–H and O–H groups in total. The summed E-state index contributed by atoms with van der Waals surface area (Å²) in [6.45, 7) is 0.661. The first-order valence-corrected chi connectivity index (χ1v) is 11.3. The van der Waals surface area contributed by atoms with Crippen LogP contribution in [0.2, 0.25) is 0 Å². The number of benzene rings is 4. The number of nitrogens with zero attached hydrogens (tertiary/aromatic N) is 4. The molecule has 4 aromatic rings. The van der Waals surface area contributed by atoms with Gasteiger partial charge in [-0.25, -0.2) is 0 Å². The molecule has 0 aliphatic rings. The zero-order valence-electron chi connectivity index (χ0n) is 19.4. The van der Waals surface area contributed by atoms with Crippen molar-refractivity contribution in [2.45, 2.75) is 0 Å². The van der Waals surface area contributed by atoms with Crippen molar-refractivity contribution in [1.29, 1.82) is 10.5 Å². The highest BCUT2D eigenvalue weighted by molar-refractivity contribution is 5.83. The highest BCUT2D eigenvalue weighted by Crippen LogP contribution is 2.28. The lowest BCUT2D eigenvalue weighted by molar-refractivity contribution is 0.218. The summed E-state index contributed by atoms with van der Waals surface area (Å²) in [5.74, 6) is 1.30. The van der Waals surface area contributed by atoms with E-state index in [-0.39, 0.29) is 0 Å². The Balaban J connectivity index is 1.34. The topological polar surface area (TPSA) is 90.8 Å². The minimum Gasteiger partial charge on any atom is -0.488 e. The number of aliphatic imine (C=N–C) groups is 2. The van der Waals surface area contributed by atoms with Crippen LogP contribution in [-0.4, -0.2) is 25.6 Å². The summed E-state index contributed by atoms with van der Waals surface area (Å²) in [6.07, 6.45) is 3.48. The van der Waals surface area contributed by atoms with Gasteiger partial charge in [-0.15, -0.1) is 0 Å². The van der Waals surface area contributed by atoms with E-state index in [0.29, 0.717) is 47.2 Å². The number of hydrogen-bond donors (Lipinski definition) is 0. The summed E-state index contributed by atoms with van der Waals surface area (Å²) in [5.41, 5.74) is 4.41. The summed E-state index contributed by atoms with van der Waals surface area (Å²) < 4.78 is 11.9. The van der Waals surface area contributed by atoms with Crippen LogP contribution in [0.4, 0.5) is 11.4 Å². The van der Waals surface area contributed by atoms with Crippen molar-refractivity contribution in [1.82, 2.24) is 0 Å². The molecule has 0 spiro atoms. The molecule has 174 valence electrons. The van der Waals surface area contributed by atoms with Crippen LogP contribution in [0.15, 0.2) is 107 Å². The third-order valence-electron chi connectivity index (χ3n) is 5.11. The van der Waals surface area contributed by atoms with Crippen molar-refractivity contribution < 1.29 is 9.47 Å². The van der Waals surface area contributed by atoms with Gasteiger partial charge in [-0.1, -0.05) is 48.5 Å². The van der Waals surface area contributed by atoms with E-state index >= 15 is 0 Å². The standard InChI is InChI=1S/C30H22N4O2/c31-19-23-9-13-25(14-10-23)21-33-27-5-1-3-7-29(27)35-17-18-36-30-8-4-2-6-28(30)34-22-26-15-11-24(20-32)12-16-26/h1-16,21-22H,17-18H2. The minimum atomic E-state index is 0.330. The second kappa shape index (κ2) is 12.3. The van der Waals surface area contributed by atoms with Gasteiger partial charge in [-0.3, -0.25) is 9.98 Å². The second-order valence-electron chi connectivity index (χ2n) is 7.62. The summed E-state index contributed by atoms with van der Waals surface area (Å²) in [5, 5.41) is 17.9.